The topological polar surface area (TPSA) is 99.9 Å². The molecule has 2 aromatic carbocycles. The molecule has 3 N–H and O–H groups in total. The molecular weight excluding hydrogens is 380 g/mol. The zero-order chi connectivity index (χ0) is 19.7. The van der Waals surface area contributed by atoms with Crippen LogP contribution in [0, 0.1) is 6.92 Å². The van der Waals surface area contributed by atoms with Gasteiger partial charge in [0.05, 0.1) is 30.2 Å². The van der Waals surface area contributed by atoms with Gasteiger partial charge < -0.3 is 19.9 Å². The minimum Gasteiger partial charge on any atom is -0.369 e. The van der Waals surface area contributed by atoms with E-state index in [4.69, 9.17) is 19.9 Å². The molecule has 0 aromatic heterocycles. The molecule has 0 aliphatic carbocycles. The first-order chi connectivity index (χ1) is 13.4. The Labute approximate surface area is 164 Å². The monoisotopic (exact) mass is 404 g/mol. The van der Waals surface area contributed by atoms with Crippen LogP contribution < -0.4 is 10.5 Å². The van der Waals surface area contributed by atoms with Gasteiger partial charge >= 0.3 is 0 Å². The van der Waals surface area contributed by atoms with Gasteiger partial charge in [0.15, 0.2) is 6.29 Å². The number of benzene rings is 2. The van der Waals surface area contributed by atoms with Gasteiger partial charge in [0.25, 0.3) is 0 Å². The molecule has 2 aliphatic heterocycles. The first-order valence-electron chi connectivity index (χ1n) is 9.21. The van der Waals surface area contributed by atoms with Crippen molar-refractivity contribution in [2.75, 3.05) is 6.61 Å². The predicted molar refractivity (Wildman–Crippen MR) is 103 cm³/mol. The van der Waals surface area contributed by atoms with Crippen molar-refractivity contribution >= 4 is 10.0 Å². The summed E-state index contributed by atoms with van der Waals surface area (Å²) < 4.78 is 45.7. The van der Waals surface area contributed by atoms with Crippen LogP contribution in [0.5, 0.6) is 0 Å². The van der Waals surface area contributed by atoms with E-state index in [9.17, 15) is 8.42 Å². The molecule has 4 rings (SSSR count). The first kappa shape index (κ1) is 19.5. The second kappa shape index (κ2) is 7.90. The van der Waals surface area contributed by atoms with Crippen LogP contribution in [0.1, 0.15) is 11.1 Å². The molecule has 2 aliphatic rings. The fourth-order valence-corrected chi connectivity index (χ4v) is 4.78. The normalized spacial score (nSPS) is 29.7. The highest BCUT2D eigenvalue weighted by molar-refractivity contribution is 7.89. The van der Waals surface area contributed by atoms with Crippen LogP contribution in [0.3, 0.4) is 0 Å². The maximum atomic E-state index is 12.8. The van der Waals surface area contributed by atoms with Crippen molar-refractivity contribution in [1.82, 2.24) is 4.72 Å². The van der Waals surface area contributed by atoms with Crippen molar-refractivity contribution in [3.8, 4) is 0 Å². The lowest BCUT2D eigenvalue weighted by molar-refractivity contribution is -0.159. The average molecular weight is 404 g/mol. The quantitative estimate of drug-likeness (QED) is 0.753. The highest BCUT2D eigenvalue weighted by Crippen LogP contribution is 2.30. The standard InChI is InChI=1S/C20H24N2O5S/c1-13-7-9-15(10-8-13)28(23,24)22-18-17(21)19(16-12-26-20(18)27-16)25-11-14-5-3-2-4-6-14/h2-10,16-20,22H,11-12,21H2,1H3/t16-,17-,18-,19-,20-/m1/s1. The molecule has 2 fully saturated rings. The fraction of sp³-hybridized carbons (Fsp3) is 0.400. The van der Waals surface area contributed by atoms with E-state index in [1.807, 2.05) is 37.3 Å². The zero-order valence-electron chi connectivity index (χ0n) is 15.5. The number of fused-ring (bicyclic) bond motifs is 2. The van der Waals surface area contributed by atoms with Gasteiger partial charge in [0.2, 0.25) is 10.0 Å². The first-order valence-corrected chi connectivity index (χ1v) is 10.7. The van der Waals surface area contributed by atoms with Crippen molar-refractivity contribution in [2.45, 2.75) is 49.0 Å². The molecule has 0 amide bonds. The number of nitrogens with two attached hydrogens (primary N) is 1. The summed E-state index contributed by atoms with van der Waals surface area (Å²) in [5, 5.41) is 0. The second-order valence-electron chi connectivity index (χ2n) is 7.17. The summed E-state index contributed by atoms with van der Waals surface area (Å²) in [5.74, 6) is 0. The Morgan fingerprint density at radius 2 is 1.86 bits per heavy atom. The molecular formula is C20H24N2O5S. The highest BCUT2D eigenvalue weighted by Gasteiger charge is 2.51. The van der Waals surface area contributed by atoms with E-state index in [2.05, 4.69) is 4.72 Å². The third-order valence-corrected chi connectivity index (χ3v) is 6.57. The summed E-state index contributed by atoms with van der Waals surface area (Å²) in [6.07, 6.45) is -1.52. The lowest BCUT2D eigenvalue weighted by Crippen LogP contribution is -2.64. The molecule has 2 saturated heterocycles. The van der Waals surface area contributed by atoms with Gasteiger partial charge in [-0.25, -0.2) is 13.1 Å². The maximum absolute atomic E-state index is 12.8. The fourth-order valence-electron chi connectivity index (χ4n) is 3.52. The Morgan fingerprint density at radius 1 is 1.14 bits per heavy atom. The second-order valence-corrected chi connectivity index (χ2v) is 8.89. The molecule has 8 heteroatoms. The highest BCUT2D eigenvalue weighted by atomic mass is 32.2. The van der Waals surface area contributed by atoms with Gasteiger partial charge in [0.1, 0.15) is 12.2 Å². The SMILES string of the molecule is Cc1ccc(S(=O)(=O)N[C@H]2[C@@H]3OC[C@@H](O3)[C@@H](OCc3ccccc3)[C@@H]2N)cc1. The van der Waals surface area contributed by atoms with Crippen molar-refractivity contribution in [3.63, 3.8) is 0 Å². The van der Waals surface area contributed by atoms with Gasteiger partial charge in [-0.3, -0.25) is 0 Å². The van der Waals surface area contributed by atoms with E-state index < -0.39 is 34.5 Å². The van der Waals surface area contributed by atoms with Crippen molar-refractivity contribution in [1.29, 1.82) is 0 Å². The molecule has 0 spiro atoms. The van der Waals surface area contributed by atoms with Crippen molar-refractivity contribution in [2.24, 2.45) is 5.73 Å². The molecule has 7 nitrogen and oxygen atoms in total. The minimum absolute atomic E-state index is 0.173. The maximum Gasteiger partial charge on any atom is 0.241 e. The Bertz CT molecular complexity index is 904. The van der Waals surface area contributed by atoms with Crippen LogP contribution in [0.15, 0.2) is 59.5 Å². The summed E-state index contributed by atoms with van der Waals surface area (Å²) in [7, 11) is -3.77. The van der Waals surface area contributed by atoms with Gasteiger partial charge in [0, 0.05) is 0 Å². The third-order valence-electron chi connectivity index (χ3n) is 5.10. The number of nitrogens with one attached hydrogen (secondary N) is 1. The van der Waals surface area contributed by atoms with Crippen LogP contribution in [0.4, 0.5) is 0 Å². The molecule has 5 atom stereocenters. The zero-order valence-corrected chi connectivity index (χ0v) is 16.3. The lowest BCUT2D eigenvalue weighted by Gasteiger charge is -2.39. The number of hydrogen-bond donors (Lipinski definition) is 2. The Morgan fingerprint density at radius 3 is 2.57 bits per heavy atom. The van der Waals surface area contributed by atoms with Crippen LogP contribution >= 0.6 is 0 Å². The van der Waals surface area contributed by atoms with E-state index in [1.54, 1.807) is 24.3 Å². The Hall–Kier alpha value is -1.81. The molecule has 0 saturated carbocycles. The number of hydrogen-bond acceptors (Lipinski definition) is 6. The van der Waals surface area contributed by atoms with Crippen LogP contribution in [-0.2, 0) is 30.8 Å². The van der Waals surface area contributed by atoms with Crippen LogP contribution in [0.2, 0.25) is 0 Å². The van der Waals surface area contributed by atoms with E-state index in [-0.39, 0.29) is 11.0 Å². The van der Waals surface area contributed by atoms with E-state index >= 15 is 0 Å². The number of ether oxygens (including phenoxy) is 3. The Balaban J connectivity index is 1.49. The van der Waals surface area contributed by atoms with Gasteiger partial charge in [-0.1, -0.05) is 48.0 Å². The number of aryl methyl sites for hydroxylation is 1. The lowest BCUT2D eigenvalue weighted by atomic mass is 9.97. The molecule has 0 unspecified atom stereocenters. The number of sulfonamides is 1. The summed E-state index contributed by atoms with van der Waals surface area (Å²) in [5.41, 5.74) is 8.39. The summed E-state index contributed by atoms with van der Waals surface area (Å²) >= 11 is 0. The predicted octanol–water partition coefficient (Wildman–Crippen LogP) is 1.31. The molecule has 28 heavy (non-hydrogen) atoms. The number of rotatable bonds is 6. The van der Waals surface area contributed by atoms with Crippen molar-refractivity contribution in [3.05, 3.63) is 65.7 Å². The minimum atomic E-state index is -3.77. The summed E-state index contributed by atoms with van der Waals surface area (Å²) in [6, 6.07) is 15.0. The van der Waals surface area contributed by atoms with E-state index in [1.165, 1.54) is 0 Å². The van der Waals surface area contributed by atoms with Gasteiger partial charge in [-0.05, 0) is 24.6 Å². The van der Waals surface area contributed by atoms with Crippen molar-refractivity contribution < 1.29 is 22.6 Å². The molecule has 0 radical (unpaired) electrons. The molecule has 2 aromatic rings. The van der Waals surface area contributed by atoms with Crippen LogP contribution in [-0.4, -0.2) is 45.6 Å². The summed E-state index contributed by atoms with van der Waals surface area (Å²) in [4.78, 5) is 0.173. The molecule has 150 valence electrons. The van der Waals surface area contributed by atoms with Gasteiger partial charge in [-0.2, -0.15) is 0 Å². The summed E-state index contributed by atoms with van der Waals surface area (Å²) in [6.45, 7) is 2.58. The smallest absolute Gasteiger partial charge is 0.241 e. The van der Waals surface area contributed by atoms with Gasteiger partial charge in [-0.15, -0.1) is 0 Å². The van der Waals surface area contributed by atoms with E-state index in [0.29, 0.717) is 13.2 Å². The molecule has 2 heterocycles. The molecule has 2 bridgehead atoms. The largest absolute Gasteiger partial charge is 0.369 e. The Kier molecular flexibility index (Phi) is 5.50. The van der Waals surface area contributed by atoms with E-state index in [0.717, 1.165) is 11.1 Å². The average Bonchev–Trinajstić information content (AvgIpc) is 3.12. The van der Waals surface area contributed by atoms with Crippen LogP contribution in [0.25, 0.3) is 0 Å². The third kappa shape index (κ3) is 3.98.